The molecule has 1 aliphatic carbocycles. The van der Waals surface area contributed by atoms with Crippen molar-refractivity contribution in [3.05, 3.63) is 34.3 Å². The SMILES string of the molecule is CSC1(CNC(=O)c2ccc(Br)cc2)CCC1. The van der Waals surface area contributed by atoms with Crippen LogP contribution in [0.25, 0.3) is 0 Å². The Labute approximate surface area is 115 Å². The van der Waals surface area contributed by atoms with Crippen LogP contribution in [-0.4, -0.2) is 23.5 Å². The van der Waals surface area contributed by atoms with Crippen molar-refractivity contribution < 1.29 is 4.79 Å². The second kappa shape index (κ2) is 5.44. The van der Waals surface area contributed by atoms with Crippen LogP contribution < -0.4 is 5.32 Å². The lowest BCUT2D eigenvalue weighted by atomic mass is 9.84. The Hall–Kier alpha value is -0.480. The summed E-state index contributed by atoms with van der Waals surface area (Å²) in [7, 11) is 0. The van der Waals surface area contributed by atoms with E-state index in [4.69, 9.17) is 0 Å². The van der Waals surface area contributed by atoms with Gasteiger partial charge in [0.05, 0.1) is 0 Å². The molecular formula is C13H16BrNOS. The lowest BCUT2D eigenvalue weighted by Crippen LogP contribution is -2.45. The van der Waals surface area contributed by atoms with Gasteiger partial charge < -0.3 is 5.32 Å². The first-order chi connectivity index (χ1) is 8.15. The zero-order chi connectivity index (χ0) is 12.3. The fourth-order valence-corrected chi connectivity index (χ4v) is 3.15. The number of carbonyl (C=O) groups excluding carboxylic acids is 1. The van der Waals surface area contributed by atoms with E-state index in [-0.39, 0.29) is 5.91 Å². The van der Waals surface area contributed by atoms with Crippen molar-refractivity contribution in [2.45, 2.75) is 24.0 Å². The van der Waals surface area contributed by atoms with Crippen molar-refractivity contribution in [1.82, 2.24) is 5.32 Å². The normalized spacial score (nSPS) is 17.3. The van der Waals surface area contributed by atoms with Crippen molar-refractivity contribution in [2.75, 3.05) is 12.8 Å². The molecule has 0 saturated heterocycles. The summed E-state index contributed by atoms with van der Waals surface area (Å²) in [4.78, 5) is 11.9. The van der Waals surface area contributed by atoms with E-state index in [0.717, 1.165) is 16.6 Å². The lowest BCUT2D eigenvalue weighted by Gasteiger charge is -2.40. The maximum Gasteiger partial charge on any atom is 0.251 e. The first kappa shape index (κ1) is 13.0. The summed E-state index contributed by atoms with van der Waals surface area (Å²) >= 11 is 5.24. The summed E-state index contributed by atoms with van der Waals surface area (Å²) in [5, 5.41) is 3.04. The smallest absolute Gasteiger partial charge is 0.251 e. The predicted octanol–water partition coefficient (Wildman–Crippen LogP) is 3.46. The number of rotatable bonds is 4. The zero-order valence-corrected chi connectivity index (χ0v) is 12.2. The van der Waals surface area contributed by atoms with Gasteiger partial charge in [0.1, 0.15) is 0 Å². The maximum absolute atomic E-state index is 11.9. The molecule has 1 aromatic carbocycles. The number of hydrogen-bond donors (Lipinski definition) is 1. The topological polar surface area (TPSA) is 29.1 Å². The van der Waals surface area contributed by atoms with E-state index in [2.05, 4.69) is 27.5 Å². The van der Waals surface area contributed by atoms with E-state index < -0.39 is 0 Å². The Morgan fingerprint density at radius 3 is 2.53 bits per heavy atom. The van der Waals surface area contributed by atoms with Crippen LogP contribution >= 0.6 is 27.7 Å². The van der Waals surface area contributed by atoms with Gasteiger partial charge in [-0.3, -0.25) is 4.79 Å². The molecule has 2 nitrogen and oxygen atoms in total. The Bertz CT molecular complexity index is 395. The molecule has 1 N–H and O–H groups in total. The van der Waals surface area contributed by atoms with Crippen LogP contribution in [-0.2, 0) is 0 Å². The third-order valence-electron chi connectivity index (χ3n) is 3.38. The van der Waals surface area contributed by atoms with Gasteiger partial charge in [-0.15, -0.1) is 0 Å². The van der Waals surface area contributed by atoms with Gasteiger partial charge in [-0.05, 0) is 43.4 Å². The van der Waals surface area contributed by atoms with Gasteiger partial charge in [-0.1, -0.05) is 22.4 Å². The minimum Gasteiger partial charge on any atom is -0.351 e. The van der Waals surface area contributed by atoms with Crippen LogP contribution in [0.2, 0.25) is 0 Å². The van der Waals surface area contributed by atoms with Gasteiger partial charge in [-0.2, -0.15) is 11.8 Å². The van der Waals surface area contributed by atoms with E-state index in [1.165, 1.54) is 19.3 Å². The molecule has 4 heteroatoms. The van der Waals surface area contributed by atoms with Crippen molar-refractivity contribution in [3.8, 4) is 0 Å². The fraction of sp³-hybridized carbons (Fsp3) is 0.462. The van der Waals surface area contributed by atoms with Crippen molar-refractivity contribution >= 4 is 33.6 Å². The number of hydrogen-bond acceptors (Lipinski definition) is 2. The molecule has 1 aliphatic rings. The number of benzene rings is 1. The van der Waals surface area contributed by atoms with Crippen LogP contribution in [0.15, 0.2) is 28.7 Å². The second-order valence-electron chi connectivity index (χ2n) is 4.43. The summed E-state index contributed by atoms with van der Waals surface area (Å²) in [6, 6.07) is 7.46. The highest BCUT2D eigenvalue weighted by molar-refractivity contribution is 9.10. The maximum atomic E-state index is 11.9. The molecule has 0 atom stereocenters. The van der Waals surface area contributed by atoms with Gasteiger partial charge in [0.25, 0.3) is 5.91 Å². The largest absolute Gasteiger partial charge is 0.351 e. The molecule has 1 fully saturated rings. The van der Waals surface area contributed by atoms with Crippen LogP contribution in [0, 0.1) is 0 Å². The first-order valence-electron chi connectivity index (χ1n) is 5.74. The average Bonchev–Trinajstić information content (AvgIpc) is 2.29. The van der Waals surface area contributed by atoms with Gasteiger partial charge in [0.15, 0.2) is 0 Å². The number of thioether (sulfide) groups is 1. The summed E-state index contributed by atoms with van der Waals surface area (Å²) in [5.41, 5.74) is 0.726. The average molecular weight is 314 g/mol. The summed E-state index contributed by atoms with van der Waals surface area (Å²) < 4.78 is 1.29. The van der Waals surface area contributed by atoms with Crippen LogP contribution in [0.5, 0.6) is 0 Å². The van der Waals surface area contributed by atoms with Crippen molar-refractivity contribution in [2.24, 2.45) is 0 Å². The number of carbonyl (C=O) groups is 1. The Kier molecular flexibility index (Phi) is 4.15. The highest BCUT2D eigenvalue weighted by atomic mass is 79.9. The highest BCUT2D eigenvalue weighted by Crippen LogP contribution is 2.42. The van der Waals surface area contributed by atoms with E-state index >= 15 is 0 Å². The van der Waals surface area contributed by atoms with Crippen molar-refractivity contribution in [3.63, 3.8) is 0 Å². The van der Waals surface area contributed by atoms with Gasteiger partial charge in [-0.25, -0.2) is 0 Å². The molecule has 0 aromatic heterocycles. The third kappa shape index (κ3) is 3.05. The van der Waals surface area contributed by atoms with E-state index in [1.54, 1.807) is 0 Å². The quantitative estimate of drug-likeness (QED) is 0.922. The Balaban J connectivity index is 1.91. The number of halogens is 1. The van der Waals surface area contributed by atoms with Crippen LogP contribution in [0.1, 0.15) is 29.6 Å². The molecule has 0 bridgehead atoms. The summed E-state index contributed by atoms with van der Waals surface area (Å²) in [5.74, 6) is 0.0258. The monoisotopic (exact) mass is 313 g/mol. The molecule has 0 unspecified atom stereocenters. The Morgan fingerprint density at radius 2 is 2.06 bits per heavy atom. The van der Waals surface area contributed by atoms with E-state index in [9.17, 15) is 4.79 Å². The predicted molar refractivity (Wildman–Crippen MR) is 76.6 cm³/mol. The zero-order valence-electron chi connectivity index (χ0n) is 9.83. The minimum absolute atomic E-state index is 0.0258. The van der Waals surface area contributed by atoms with Crippen molar-refractivity contribution in [1.29, 1.82) is 0 Å². The molecule has 2 rings (SSSR count). The van der Waals surface area contributed by atoms with Gasteiger partial charge in [0.2, 0.25) is 0 Å². The number of nitrogens with one attached hydrogen (secondary N) is 1. The van der Waals surface area contributed by atoms with Crippen LogP contribution in [0.4, 0.5) is 0 Å². The molecule has 0 radical (unpaired) electrons. The molecule has 1 amide bonds. The Morgan fingerprint density at radius 1 is 1.41 bits per heavy atom. The molecule has 0 heterocycles. The second-order valence-corrected chi connectivity index (χ2v) is 6.62. The molecule has 0 spiro atoms. The molecule has 1 saturated carbocycles. The lowest BCUT2D eigenvalue weighted by molar-refractivity contribution is 0.0944. The minimum atomic E-state index is 0.0258. The molecule has 92 valence electrons. The molecular weight excluding hydrogens is 298 g/mol. The van der Waals surface area contributed by atoms with E-state index in [0.29, 0.717) is 4.75 Å². The first-order valence-corrected chi connectivity index (χ1v) is 7.76. The van der Waals surface area contributed by atoms with Gasteiger partial charge >= 0.3 is 0 Å². The molecule has 17 heavy (non-hydrogen) atoms. The molecule has 0 aliphatic heterocycles. The van der Waals surface area contributed by atoms with E-state index in [1.807, 2.05) is 36.0 Å². The van der Waals surface area contributed by atoms with Crippen LogP contribution in [0.3, 0.4) is 0 Å². The summed E-state index contributed by atoms with van der Waals surface area (Å²) in [6.45, 7) is 0.781. The molecule has 1 aromatic rings. The third-order valence-corrected chi connectivity index (χ3v) is 5.32. The highest BCUT2D eigenvalue weighted by Gasteiger charge is 2.36. The van der Waals surface area contributed by atoms with Gasteiger partial charge in [0, 0.05) is 21.3 Å². The fourth-order valence-electron chi connectivity index (χ4n) is 1.97. The standard InChI is InChI=1S/C13H16BrNOS/c1-17-13(7-2-8-13)9-15-12(16)10-3-5-11(14)6-4-10/h3-6H,2,7-9H2,1H3,(H,15,16). The summed E-state index contributed by atoms with van der Waals surface area (Å²) in [6.07, 6.45) is 5.85. The number of amides is 1.